The van der Waals surface area contributed by atoms with Crippen molar-refractivity contribution >= 4 is 10.9 Å². The summed E-state index contributed by atoms with van der Waals surface area (Å²) < 4.78 is 5.92. The van der Waals surface area contributed by atoms with Gasteiger partial charge in [0.1, 0.15) is 11.5 Å². The van der Waals surface area contributed by atoms with Gasteiger partial charge in [0.05, 0.1) is 12.1 Å². The maximum absolute atomic E-state index is 5.92. The summed E-state index contributed by atoms with van der Waals surface area (Å²) in [5, 5.41) is 4.40. The third-order valence-corrected chi connectivity index (χ3v) is 3.34. The lowest BCUT2D eigenvalue weighted by Gasteiger charge is -2.04. The van der Waals surface area contributed by atoms with Crippen LogP contribution in [0.2, 0.25) is 0 Å². The molecule has 20 heavy (non-hydrogen) atoms. The molecule has 0 saturated carbocycles. The Bertz CT molecular complexity index is 731. The van der Waals surface area contributed by atoms with Crippen LogP contribution in [0, 0.1) is 6.92 Å². The summed E-state index contributed by atoms with van der Waals surface area (Å²) >= 11 is 0. The van der Waals surface area contributed by atoms with Crippen LogP contribution in [0.15, 0.2) is 46.9 Å². The average Bonchev–Trinajstić information content (AvgIpc) is 2.93. The van der Waals surface area contributed by atoms with Gasteiger partial charge in [-0.3, -0.25) is 4.98 Å². The van der Waals surface area contributed by atoms with Crippen molar-refractivity contribution in [3.05, 3.63) is 53.9 Å². The normalized spacial score (nSPS) is 11.1. The molecule has 0 atom stereocenters. The minimum Gasteiger partial charge on any atom is -0.460 e. The number of furan rings is 1. The van der Waals surface area contributed by atoms with Gasteiger partial charge in [0.15, 0.2) is 0 Å². The molecule has 1 aromatic carbocycles. The van der Waals surface area contributed by atoms with Crippen molar-refractivity contribution in [2.75, 3.05) is 6.54 Å². The van der Waals surface area contributed by atoms with Gasteiger partial charge in [-0.05, 0) is 37.7 Å². The van der Waals surface area contributed by atoms with Crippen LogP contribution in [-0.2, 0) is 6.54 Å². The molecule has 0 aliphatic carbocycles. The molecule has 102 valence electrons. The first-order chi connectivity index (χ1) is 9.78. The molecule has 0 aliphatic heterocycles. The third kappa shape index (κ3) is 2.45. The van der Waals surface area contributed by atoms with E-state index in [9.17, 15) is 0 Å². The molecule has 3 heteroatoms. The van der Waals surface area contributed by atoms with Crippen molar-refractivity contribution in [2.24, 2.45) is 0 Å². The van der Waals surface area contributed by atoms with Gasteiger partial charge in [-0.2, -0.15) is 0 Å². The predicted octanol–water partition coefficient (Wildman–Crippen LogP) is 3.91. The van der Waals surface area contributed by atoms with E-state index in [0.29, 0.717) is 0 Å². The molecule has 2 heterocycles. The van der Waals surface area contributed by atoms with E-state index in [-0.39, 0.29) is 0 Å². The molecule has 0 amide bonds. The number of hydrogen-bond acceptors (Lipinski definition) is 3. The molecule has 3 rings (SSSR count). The van der Waals surface area contributed by atoms with E-state index < -0.39 is 0 Å². The highest BCUT2D eigenvalue weighted by molar-refractivity contribution is 5.92. The number of nitrogens with zero attached hydrogens (tertiary/aromatic N) is 1. The monoisotopic (exact) mass is 266 g/mol. The maximum Gasteiger partial charge on any atom is 0.136 e. The largest absolute Gasteiger partial charge is 0.460 e. The lowest BCUT2D eigenvalue weighted by Crippen LogP contribution is -2.10. The summed E-state index contributed by atoms with van der Waals surface area (Å²) in [4.78, 5) is 4.65. The van der Waals surface area contributed by atoms with Gasteiger partial charge < -0.3 is 9.73 Å². The zero-order chi connectivity index (χ0) is 13.9. The van der Waals surface area contributed by atoms with Gasteiger partial charge in [-0.25, -0.2) is 0 Å². The van der Waals surface area contributed by atoms with Crippen molar-refractivity contribution in [3.8, 4) is 11.3 Å². The molecular weight excluding hydrogens is 248 g/mol. The fourth-order valence-corrected chi connectivity index (χ4v) is 2.31. The van der Waals surface area contributed by atoms with Gasteiger partial charge in [-0.1, -0.05) is 25.1 Å². The number of para-hydroxylation sites is 1. The summed E-state index contributed by atoms with van der Waals surface area (Å²) in [6.45, 7) is 5.79. The number of benzene rings is 1. The van der Waals surface area contributed by atoms with E-state index in [2.05, 4.69) is 35.4 Å². The van der Waals surface area contributed by atoms with Gasteiger partial charge >= 0.3 is 0 Å². The number of aryl methyl sites for hydroxylation is 1. The van der Waals surface area contributed by atoms with Crippen LogP contribution in [0.5, 0.6) is 0 Å². The Morgan fingerprint density at radius 1 is 1.10 bits per heavy atom. The molecule has 0 unspecified atom stereocenters. The van der Waals surface area contributed by atoms with Crippen LogP contribution in [0.4, 0.5) is 0 Å². The van der Waals surface area contributed by atoms with Crippen LogP contribution >= 0.6 is 0 Å². The van der Waals surface area contributed by atoms with Crippen LogP contribution in [0.25, 0.3) is 22.2 Å². The van der Waals surface area contributed by atoms with Crippen LogP contribution in [0.1, 0.15) is 18.4 Å². The van der Waals surface area contributed by atoms with E-state index in [1.165, 1.54) is 0 Å². The van der Waals surface area contributed by atoms with E-state index in [0.717, 1.165) is 46.8 Å². The third-order valence-electron chi connectivity index (χ3n) is 3.34. The Morgan fingerprint density at radius 2 is 2.00 bits per heavy atom. The molecule has 0 saturated heterocycles. The van der Waals surface area contributed by atoms with E-state index in [1.807, 2.05) is 31.2 Å². The Morgan fingerprint density at radius 3 is 2.85 bits per heavy atom. The zero-order valence-electron chi connectivity index (χ0n) is 11.8. The predicted molar refractivity (Wildman–Crippen MR) is 81.6 cm³/mol. The number of aromatic nitrogens is 1. The molecular formula is C17H18N2O. The summed E-state index contributed by atoms with van der Waals surface area (Å²) in [6, 6.07) is 14.4. The fraction of sp³-hybridized carbons (Fsp3) is 0.235. The second-order valence-electron chi connectivity index (χ2n) is 4.88. The first-order valence-corrected chi connectivity index (χ1v) is 6.94. The minimum atomic E-state index is 0.758. The summed E-state index contributed by atoms with van der Waals surface area (Å²) in [5.41, 5.74) is 3.06. The smallest absolute Gasteiger partial charge is 0.136 e. The number of rotatable bonds is 4. The summed E-state index contributed by atoms with van der Waals surface area (Å²) in [5.74, 6) is 1.83. The Labute approximate surface area is 118 Å². The van der Waals surface area contributed by atoms with Crippen LogP contribution < -0.4 is 5.32 Å². The van der Waals surface area contributed by atoms with Crippen LogP contribution in [0.3, 0.4) is 0 Å². The molecule has 3 nitrogen and oxygen atoms in total. The molecule has 0 radical (unpaired) electrons. The van der Waals surface area contributed by atoms with Gasteiger partial charge in [-0.15, -0.1) is 0 Å². The van der Waals surface area contributed by atoms with Crippen molar-refractivity contribution in [1.82, 2.24) is 10.3 Å². The highest BCUT2D eigenvalue weighted by Gasteiger charge is 2.09. The molecule has 0 aliphatic rings. The molecule has 3 aromatic rings. The molecule has 2 aromatic heterocycles. The first-order valence-electron chi connectivity index (χ1n) is 6.94. The Balaban J connectivity index is 2.05. The zero-order valence-corrected chi connectivity index (χ0v) is 11.8. The number of hydrogen-bond donors (Lipinski definition) is 1. The number of pyridine rings is 1. The number of nitrogens with one attached hydrogen (secondary N) is 1. The topological polar surface area (TPSA) is 38.1 Å². The van der Waals surface area contributed by atoms with E-state index in [1.54, 1.807) is 0 Å². The highest BCUT2D eigenvalue weighted by atomic mass is 16.3. The lowest BCUT2D eigenvalue weighted by atomic mass is 10.1. The van der Waals surface area contributed by atoms with Gasteiger partial charge in [0.25, 0.3) is 0 Å². The van der Waals surface area contributed by atoms with Gasteiger partial charge in [0, 0.05) is 16.6 Å². The highest BCUT2D eigenvalue weighted by Crippen LogP contribution is 2.29. The van der Waals surface area contributed by atoms with Crippen molar-refractivity contribution in [3.63, 3.8) is 0 Å². The molecule has 0 bridgehead atoms. The lowest BCUT2D eigenvalue weighted by molar-refractivity contribution is 0.499. The fourth-order valence-electron chi connectivity index (χ4n) is 2.31. The minimum absolute atomic E-state index is 0.758. The molecule has 0 fully saturated rings. The van der Waals surface area contributed by atoms with E-state index in [4.69, 9.17) is 4.42 Å². The Hall–Kier alpha value is -2.13. The van der Waals surface area contributed by atoms with Gasteiger partial charge in [0.2, 0.25) is 0 Å². The van der Waals surface area contributed by atoms with Crippen molar-refractivity contribution in [1.29, 1.82) is 0 Å². The second kappa shape index (κ2) is 5.47. The van der Waals surface area contributed by atoms with E-state index >= 15 is 0 Å². The first kappa shape index (κ1) is 12.9. The maximum atomic E-state index is 5.92. The molecule has 1 N–H and O–H groups in total. The molecule has 0 spiro atoms. The van der Waals surface area contributed by atoms with Crippen molar-refractivity contribution < 1.29 is 4.42 Å². The standard InChI is InChI=1S/C17H18N2O/c1-3-18-11-14-9-10-16(20-14)15-6-4-5-13-8-7-12(2)19-17(13)15/h4-10,18H,3,11H2,1-2H3. The quantitative estimate of drug-likeness (QED) is 0.778. The SMILES string of the molecule is CCNCc1ccc(-c2cccc3ccc(C)nc23)o1. The second-order valence-corrected chi connectivity index (χ2v) is 4.88. The summed E-state index contributed by atoms with van der Waals surface area (Å²) in [6.07, 6.45) is 0. The average molecular weight is 266 g/mol. The van der Waals surface area contributed by atoms with Crippen LogP contribution in [-0.4, -0.2) is 11.5 Å². The summed E-state index contributed by atoms with van der Waals surface area (Å²) in [7, 11) is 0. The van der Waals surface area contributed by atoms with Crippen molar-refractivity contribution in [2.45, 2.75) is 20.4 Å². The Kier molecular flexibility index (Phi) is 3.52. The number of fused-ring (bicyclic) bond motifs is 1.